The SMILES string of the molecule is CCCCCCCCN(CCCCCCCC)C(CCCCCC)CC(=O)[O-].[Na+]. The summed E-state index contributed by atoms with van der Waals surface area (Å²) in [6.07, 6.45) is 21.6. The normalized spacial score (nSPS) is 12.1. The Kier molecular flexibility index (Phi) is 26.9. The van der Waals surface area contributed by atoms with Crippen LogP contribution in [-0.4, -0.2) is 30.0 Å². The quantitative estimate of drug-likeness (QED) is 0.199. The molecule has 0 aliphatic rings. The van der Waals surface area contributed by atoms with Gasteiger partial charge in [0.15, 0.2) is 0 Å². The van der Waals surface area contributed by atoms with Crippen molar-refractivity contribution in [3.05, 3.63) is 0 Å². The molecule has 0 radical (unpaired) electrons. The van der Waals surface area contributed by atoms with Gasteiger partial charge in [0.05, 0.1) is 0 Å². The molecule has 0 aromatic heterocycles. The van der Waals surface area contributed by atoms with Gasteiger partial charge < -0.3 is 14.8 Å². The van der Waals surface area contributed by atoms with Crippen molar-refractivity contribution < 1.29 is 39.5 Å². The molecule has 168 valence electrons. The molecule has 0 aromatic carbocycles. The van der Waals surface area contributed by atoms with Crippen LogP contribution >= 0.6 is 0 Å². The Balaban J connectivity index is 0. The molecule has 0 aromatic rings. The maximum Gasteiger partial charge on any atom is 1.00 e. The first kappa shape index (κ1) is 31.6. The summed E-state index contributed by atoms with van der Waals surface area (Å²) < 4.78 is 0. The molecule has 0 spiro atoms. The Bertz CT molecular complexity index is 323. The molecule has 0 bridgehead atoms. The second-order valence-electron chi connectivity index (χ2n) is 8.65. The fourth-order valence-electron chi connectivity index (χ4n) is 4.08. The van der Waals surface area contributed by atoms with E-state index in [4.69, 9.17) is 0 Å². The fourth-order valence-corrected chi connectivity index (χ4v) is 4.08. The van der Waals surface area contributed by atoms with Gasteiger partial charge in [-0.2, -0.15) is 0 Å². The molecule has 3 nitrogen and oxygen atoms in total. The zero-order valence-electron chi connectivity index (χ0n) is 20.5. The van der Waals surface area contributed by atoms with E-state index < -0.39 is 5.97 Å². The van der Waals surface area contributed by atoms with Crippen molar-refractivity contribution in [1.82, 2.24) is 4.90 Å². The number of hydrogen-bond donors (Lipinski definition) is 0. The molecule has 4 heteroatoms. The molecule has 0 saturated carbocycles. The van der Waals surface area contributed by atoms with Gasteiger partial charge in [0.2, 0.25) is 0 Å². The van der Waals surface area contributed by atoms with E-state index in [2.05, 4.69) is 25.7 Å². The van der Waals surface area contributed by atoms with E-state index in [9.17, 15) is 9.90 Å². The Morgan fingerprint density at radius 3 is 1.45 bits per heavy atom. The third-order valence-corrected chi connectivity index (χ3v) is 5.91. The number of nitrogens with zero attached hydrogens (tertiary/aromatic N) is 1. The van der Waals surface area contributed by atoms with Crippen molar-refractivity contribution in [3.63, 3.8) is 0 Å². The molecule has 0 fully saturated rings. The van der Waals surface area contributed by atoms with E-state index in [1.165, 1.54) is 96.3 Å². The summed E-state index contributed by atoms with van der Waals surface area (Å²) in [5.41, 5.74) is 0. The van der Waals surface area contributed by atoms with E-state index in [1.807, 2.05) is 0 Å². The van der Waals surface area contributed by atoms with Gasteiger partial charge in [-0.25, -0.2) is 0 Å². The van der Waals surface area contributed by atoms with E-state index in [1.54, 1.807) is 0 Å². The molecule has 1 atom stereocenters. The predicted octanol–water partition coefficient (Wildman–Crippen LogP) is 3.49. The number of rotatable bonds is 22. The van der Waals surface area contributed by atoms with Crippen LogP contribution in [0.1, 0.15) is 136 Å². The van der Waals surface area contributed by atoms with E-state index in [-0.39, 0.29) is 42.0 Å². The van der Waals surface area contributed by atoms with Gasteiger partial charge in [0.1, 0.15) is 0 Å². The third-order valence-electron chi connectivity index (χ3n) is 5.91. The van der Waals surface area contributed by atoms with Crippen molar-refractivity contribution in [2.24, 2.45) is 0 Å². The summed E-state index contributed by atoms with van der Waals surface area (Å²) >= 11 is 0. The maximum atomic E-state index is 11.4. The summed E-state index contributed by atoms with van der Waals surface area (Å²) in [6.45, 7) is 8.86. The Hall–Kier alpha value is 0.430. The second kappa shape index (κ2) is 24.7. The summed E-state index contributed by atoms with van der Waals surface area (Å²) in [6, 6.07) is 0.174. The largest absolute Gasteiger partial charge is 1.00 e. The van der Waals surface area contributed by atoms with Crippen LogP contribution in [0.3, 0.4) is 0 Å². The Morgan fingerprint density at radius 1 is 0.655 bits per heavy atom. The molecule has 0 saturated heterocycles. The molecule has 0 rings (SSSR count). The van der Waals surface area contributed by atoms with Crippen molar-refractivity contribution in [2.45, 2.75) is 142 Å². The molecule has 29 heavy (non-hydrogen) atoms. The Morgan fingerprint density at radius 2 is 1.03 bits per heavy atom. The van der Waals surface area contributed by atoms with Crippen molar-refractivity contribution in [3.8, 4) is 0 Å². The molecule has 0 heterocycles. The van der Waals surface area contributed by atoms with Crippen LogP contribution in [0.2, 0.25) is 0 Å². The number of carboxylic acid groups (broad SMARTS) is 1. The minimum absolute atomic E-state index is 0. The summed E-state index contributed by atoms with van der Waals surface area (Å²) in [5, 5.41) is 11.4. The second-order valence-corrected chi connectivity index (χ2v) is 8.65. The van der Waals surface area contributed by atoms with Crippen LogP contribution in [0, 0.1) is 0 Å². The average molecular weight is 420 g/mol. The molecular weight excluding hydrogens is 369 g/mol. The van der Waals surface area contributed by atoms with Crippen molar-refractivity contribution in [2.75, 3.05) is 13.1 Å². The van der Waals surface area contributed by atoms with Crippen LogP contribution in [0.5, 0.6) is 0 Å². The number of hydrogen-bond acceptors (Lipinski definition) is 3. The topological polar surface area (TPSA) is 43.4 Å². The molecule has 0 amide bonds. The smallest absolute Gasteiger partial charge is 0.550 e. The van der Waals surface area contributed by atoms with Crippen LogP contribution in [0.25, 0.3) is 0 Å². The van der Waals surface area contributed by atoms with Crippen LogP contribution < -0.4 is 34.7 Å². The molecule has 1 unspecified atom stereocenters. The zero-order chi connectivity index (χ0) is 20.9. The third kappa shape index (κ3) is 21.4. The standard InChI is InChI=1S/C25H51NO2.Na/c1-4-7-10-13-15-18-21-26(22-19-16-14-11-8-5-2)24(23-25(27)28)20-17-12-9-6-3;/h24H,4-23H2,1-3H3,(H,27,28);/q;+1/p-1. The van der Waals surface area contributed by atoms with E-state index in [0.717, 1.165) is 25.9 Å². The van der Waals surface area contributed by atoms with Crippen molar-refractivity contribution in [1.29, 1.82) is 0 Å². The monoisotopic (exact) mass is 419 g/mol. The average Bonchev–Trinajstić information content (AvgIpc) is 2.67. The van der Waals surface area contributed by atoms with Crippen LogP contribution in [0.4, 0.5) is 0 Å². The van der Waals surface area contributed by atoms with Gasteiger partial charge >= 0.3 is 29.6 Å². The van der Waals surface area contributed by atoms with Gasteiger partial charge in [-0.3, -0.25) is 0 Å². The minimum Gasteiger partial charge on any atom is -0.550 e. The number of aliphatic carboxylic acids is 1. The van der Waals surface area contributed by atoms with Crippen LogP contribution in [0.15, 0.2) is 0 Å². The van der Waals surface area contributed by atoms with Gasteiger partial charge in [-0.1, -0.05) is 111 Å². The number of carboxylic acids is 1. The Labute approximate surface area is 205 Å². The first-order valence-electron chi connectivity index (χ1n) is 12.6. The molecular formula is C25H50NNaO2. The molecule has 0 aliphatic carbocycles. The first-order chi connectivity index (χ1) is 13.7. The van der Waals surface area contributed by atoms with Gasteiger partial charge in [0, 0.05) is 18.4 Å². The minimum atomic E-state index is -0.878. The molecule has 0 N–H and O–H groups in total. The fraction of sp³-hybridized carbons (Fsp3) is 0.960. The number of carbonyl (C=O) groups is 1. The summed E-state index contributed by atoms with van der Waals surface area (Å²) in [4.78, 5) is 13.9. The first-order valence-corrected chi connectivity index (χ1v) is 12.6. The zero-order valence-corrected chi connectivity index (χ0v) is 22.5. The van der Waals surface area contributed by atoms with E-state index in [0.29, 0.717) is 0 Å². The van der Waals surface area contributed by atoms with Crippen LogP contribution in [-0.2, 0) is 4.79 Å². The maximum absolute atomic E-state index is 11.4. The summed E-state index contributed by atoms with van der Waals surface area (Å²) in [5.74, 6) is -0.878. The van der Waals surface area contributed by atoms with Crippen molar-refractivity contribution >= 4 is 5.97 Å². The summed E-state index contributed by atoms with van der Waals surface area (Å²) in [7, 11) is 0. The number of carbonyl (C=O) groups excluding carboxylic acids is 1. The van der Waals surface area contributed by atoms with E-state index >= 15 is 0 Å². The molecule has 0 aliphatic heterocycles. The number of unbranched alkanes of at least 4 members (excludes halogenated alkanes) is 13. The van der Waals surface area contributed by atoms with Gasteiger partial charge in [0.25, 0.3) is 0 Å². The van der Waals surface area contributed by atoms with Gasteiger partial charge in [-0.15, -0.1) is 0 Å². The predicted molar refractivity (Wildman–Crippen MR) is 120 cm³/mol. The van der Waals surface area contributed by atoms with Gasteiger partial charge in [-0.05, 0) is 32.4 Å².